The lowest BCUT2D eigenvalue weighted by Crippen LogP contribution is -3.00. The molecule has 0 aliphatic carbocycles. The molecule has 4 heteroatoms. The second-order valence-electron chi connectivity index (χ2n) is 7.10. The first-order chi connectivity index (χ1) is 8.25. The van der Waals surface area contributed by atoms with Crippen LogP contribution in [-0.4, -0.2) is 24.6 Å². The molecule has 128 valence electrons. The van der Waals surface area contributed by atoms with Crippen molar-refractivity contribution in [1.29, 1.82) is 0 Å². The van der Waals surface area contributed by atoms with Crippen LogP contribution >= 0.6 is 17.2 Å². The minimum atomic E-state index is 0. The highest BCUT2D eigenvalue weighted by Gasteiger charge is 2.02. The zero-order valence-corrected chi connectivity index (χ0v) is 18.9. The van der Waals surface area contributed by atoms with Crippen LogP contribution in [0.15, 0.2) is 0 Å². The van der Waals surface area contributed by atoms with Gasteiger partial charge in [-0.1, -0.05) is 55.4 Å². The molecule has 0 aromatic heterocycles. The molecule has 20 heavy (non-hydrogen) atoms. The van der Waals surface area contributed by atoms with E-state index in [4.69, 9.17) is 0 Å². The quantitative estimate of drug-likeness (QED) is 0.506. The summed E-state index contributed by atoms with van der Waals surface area (Å²) in [5.41, 5.74) is 0. The Morgan fingerprint density at radius 1 is 0.450 bits per heavy atom. The Kier molecular flexibility index (Phi) is 30.1. The van der Waals surface area contributed by atoms with Gasteiger partial charge in [-0.25, -0.2) is 0 Å². The molecule has 0 saturated heterocycles. The maximum atomic E-state index is 2.31. The molecule has 0 aliphatic rings. The molecule has 0 saturated carbocycles. The highest BCUT2D eigenvalue weighted by atomic mass is 35.5. The second-order valence-corrected chi connectivity index (χ2v) is 10.1. The Bertz CT molecular complexity index is 127. The number of hydrogen-bond donors (Lipinski definition) is 0. The topological polar surface area (TPSA) is 0 Å². The van der Waals surface area contributed by atoms with Crippen LogP contribution < -0.4 is 24.8 Å². The number of halogens is 2. The maximum Gasteiger partial charge on any atom is 0.0572 e. The number of rotatable bonds is 8. The summed E-state index contributed by atoms with van der Waals surface area (Å²) < 4.78 is 0. The molecule has 0 heterocycles. The van der Waals surface area contributed by atoms with E-state index in [1.54, 1.807) is 0 Å². The van der Waals surface area contributed by atoms with Crippen LogP contribution in [0, 0.1) is 23.7 Å². The van der Waals surface area contributed by atoms with Crippen LogP contribution in [-0.2, 0) is 0 Å². The third kappa shape index (κ3) is 36.6. The number of hydrogen-bond acceptors (Lipinski definition) is 0. The van der Waals surface area contributed by atoms with Crippen molar-refractivity contribution in [3.63, 3.8) is 0 Å². The van der Waals surface area contributed by atoms with E-state index in [0.29, 0.717) is 0 Å². The Hall–Kier alpha value is 1.44. The van der Waals surface area contributed by atoms with Crippen LogP contribution in [0.25, 0.3) is 0 Å². The van der Waals surface area contributed by atoms with Gasteiger partial charge in [-0.3, -0.25) is 0 Å². The molecule has 0 fully saturated rings. The van der Waals surface area contributed by atoms with E-state index in [0.717, 1.165) is 40.8 Å². The third-order valence-electron chi connectivity index (χ3n) is 2.55. The fourth-order valence-electron chi connectivity index (χ4n) is 1.53. The van der Waals surface area contributed by atoms with Crippen LogP contribution in [0.2, 0.25) is 0 Å². The average molecular weight is 365 g/mol. The van der Waals surface area contributed by atoms with Gasteiger partial charge in [0, 0.05) is 0 Å². The lowest BCUT2D eigenvalue weighted by molar-refractivity contribution is -0.001000. The monoisotopic (exact) mass is 364 g/mol. The van der Waals surface area contributed by atoms with Gasteiger partial charge in [0.1, 0.15) is 0 Å². The minimum absolute atomic E-state index is 0. The van der Waals surface area contributed by atoms with E-state index in [1.165, 1.54) is 24.6 Å². The van der Waals surface area contributed by atoms with E-state index in [-0.39, 0.29) is 24.8 Å². The van der Waals surface area contributed by atoms with Gasteiger partial charge in [-0.2, -0.15) is 0 Å². The van der Waals surface area contributed by atoms with E-state index in [1.807, 2.05) is 0 Å². The van der Waals surface area contributed by atoms with Gasteiger partial charge in [0.05, 0.1) is 24.6 Å². The minimum Gasteiger partial charge on any atom is -1.00 e. The van der Waals surface area contributed by atoms with Gasteiger partial charge in [-0.15, -0.1) is 0 Å². The highest BCUT2D eigenvalue weighted by molar-refractivity contribution is 7.38. The average Bonchev–Trinajstić information content (AvgIpc) is 2.15. The first-order valence-corrected chi connectivity index (χ1v) is 11.2. The van der Waals surface area contributed by atoms with E-state index in [9.17, 15) is 0 Å². The smallest absolute Gasteiger partial charge is 0.0572 e. The van der Waals surface area contributed by atoms with Crippen molar-refractivity contribution < 1.29 is 24.8 Å². The van der Waals surface area contributed by atoms with Gasteiger partial charge in [0.25, 0.3) is 0 Å². The molecule has 0 amide bonds. The highest BCUT2D eigenvalue weighted by Crippen LogP contribution is 2.18. The Morgan fingerprint density at radius 2 is 0.600 bits per heavy atom. The molecule has 0 unspecified atom stereocenters. The molecule has 0 rings (SSSR count). The molecule has 0 spiro atoms. The molecule has 0 N–H and O–H groups in total. The van der Waals surface area contributed by atoms with Crippen LogP contribution in [0.3, 0.4) is 0 Å². The molecular weight excluding hydrogens is 325 g/mol. The van der Waals surface area contributed by atoms with Gasteiger partial charge >= 0.3 is 0 Å². The largest absolute Gasteiger partial charge is 1.00 e. The normalized spacial score (nSPS) is 10.2. The second kappa shape index (κ2) is 20.4. The first kappa shape index (κ1) is 29.5. The molecule has 0 bridgehead atoms. The van der Waals surface area contributed by atoms with Crippen molar-refractivity contribution in [1.82, 2.24) is 0 Å². The molecule has 0 radical (unpaired) electrons. The SMILES string of the molecule is CC(C)C[PH2+]CC(C)C.CC(C)C[PH2+]CC(C)C.[Cl-].[Cl-]. The Labute approximate surface area is 145 Å². The molecule has 0 atom stereocenters. The molecule has 0 aromatic carbocycles. The summed E-state index contributed by atoms with van der Waals surface area (Å²) in [5.74, 6) is 3.72. The van der Waals surface area contributed by atoms with Gasteiger partial charge in [0.2, 0.25) is 0 Å². The summed E-state index contributed by atoms with van der Waals surface area (Å²) in [6.45, 7) is 18.5. The summed E-state index contributed by atoms with van der Waals surface area (Å²) in [6.07, 6.45) is 5.94. The van der Waals surface area contributed by atoms with Gasteiger partial charge in [0.15, 0.2) is 0 Å². The van der Waals surface area contributed by atoms with E-state index in [2.05, 4.69) is 55.4 Å². The fourth-order valence-corrected chi connectivity index (χ4v) is 4.58. The maximum absolute atomic E-state index is 2.31. The third-order valence-corrected chi connectivity index (χ3v) is 7.66. The van der Waals surface area contributed by atoms with Crippen LogP contribution in [0.4, 0.5) is 0 Å². The zero-order valence-electron chi connectivity index (χ0n) is 15.0. The predicted molar refractivity (Wildman–Crippen MR) is 98.2 cm³/mol. The molecule has 0 nitrogen and oxygen atoms in total. The summed E-state index contributed by atoms with van der Waals surface area (Å²) in [7, 11) is 1.51. The standard InChI is InChI=1S/2C8H19P.2ClH/c2*1-7(2)5-9-6-8(3)4;;/h2*7-9H,5-6H2,1-4H3;2*1H. The van der Waals surface area contributed by atoms with Crippen LogP contribution in [0.5, 0.6) is 0 Å². The van der Waals surface area contributed by atoms with Gasteiger partial charge in [-0.05, 0) is 40.8 Å². The lowest BCUT2D eigenvalue weighted by Gasteiger charge is -2.00. The van der Waals surface area contributed by atoms with Crippen molar-refractivity contribution >= 4 is 17.2 Å². The Morgan fingerprint density at radius 3 is 0.700 bits per heavy atom. The van der Waals surface area contributed by atoms with Crippen molar-refractivity contribution in [2.45, 2.75) is 55.4 Å². The fraction of sp³-hybridized carbons (Fsp3) is 1.00. The van der Waals surface area contributed by atoms with Crippen molar-refractivity contribution in [2.75, 3.05) is 24.6 Å². The molecule has 0 aliphatic heterocycles. The first-order valence-electron chi connectivity index (χ1n) is 7.88. The Balaban J connectivity index is -0.000000116. The summed E-state index contributed by atoms with van der Waals surface area (Å²) >= 11 is 0. The van der Waals surface area contributed by atoms with Gasteiger partial charge < -0.3 is 24.8 Å². The summed E-state index contributed by atoms with van der Waals surface area (Å²) in [6, 6.07) is 0. The van der Waals surface area contributed by atoms with Crippen LogP contribution in [0.1, 0.15) is 55.4 Å². The van der Waals surface area contributed by atoms with Crippen molar-refractivity contribution in [3.8, 4) is 0 Å². The van der Waals surface area contributed by atoms with E-state index >= 15 is 0 Å². The van der Waals surface area contributed by atoms with Crippen molar-refractivity contribution in [2.24, 2.45) is 23.7 Å². The lowest BCUT2D eigenvalue weighted by atomic mass is 10.3. The van der Waals surface area contributed by atoms with E-state index < -0.39 is 0 Å². The molecular formula is C16H40Cl2P2. The zero-order chi connectivity index (χ0) is 14.6. The summed E-state index contributed by atoms with van der Waals surface area (Å²) in [5, 5.41) is 0. The predicted octanol–water partition coefficient (Wildman–Crippen LogP) is -0.574. The molecule has 0 aromatic rings. The van der Waals surface area contributed by atoms with Crippen molar-refractivity contribution in [3.05, 3.63) is 0 Å². The summed E-state index contributed by atoms with van der Waals surface area (Å²) in [4.78, 5) is 0.